The van der Waals surface area contributed by atoms with Crippen LogP contribution in [0.15, 0.2) is 30.3 Å². The molecule has 0 fully saturated rings. The van der Waals surface area contributed by atoms with Crippen LogP contribution in [-0.4, -0.2) is 16.5 Å². The first-order chi connectivity index (χ1) is 9.17. The summed E-state index contributed by atoms with van der Waals surface area (Å²) in [5, 5.41) is 6.29. The molecule has 2 rings (SSSR count). The van der Waals surface area contributed by atoms with Crippen molar-refractivity contribution in [1.29, 1.82) is 0 Å². The second-order valence-electron chi connectivity index (χ2n) is 4.23. The Kier molecular flexibility index (Phi) is 4.28. The maximum Gasteiger partial charge on any atom is 0.224 e. The molecular weight excluding hydrogens is 243 g/mol. The molecule has 100 valence electrons. The molecule has 2 aromatic rings. The lowest BCUT2D eigenvalue weighted by Gasteiger charge is -2.09. The van der Waals surface area contributed by atoms with Gasteiger partial charge in [-0.25, -0.2) is 9.37 Å². The third kappa shape index (κ3) is 3.91. The van der Waals surface area contributed by atoms with Crippen molar-refractivity contribution in [2.45, 2.75) is 20.4 Å². The van der Waals surface area contributed by atoms with Crippen LogP contribution in [0.2, 0.25) is 0 Å². The summed E-state index contributed by atoms with van der Waals surface area (Å²) in [5.74, 6) is 1.15. The van der Waals surface area contributed by atoms with Crippen molar-refractivity contribution in [2.24, 2.45) is 0 Å². The quantitative estimate of drug-likeness (QED) is 0.867. The molecule has 0 aliphatic carbocycles. The van der Waals surface area contributed by atoms with E-state index in [1.807, 2.05) is 19.9 Å². The van der Waals surface area contributed by atoms with E-state index in [2.05, 4.69) is 20.6 Å². The minimum absolute atomic E-state index is 0.226. The smallest absolute Gasteiger partial charge is 0.224 e. The molecule has 0 aliphatic heterocycles. The van der Waals surface area contributed by atoms with Crippen LogP contribution in [0.3, 0.4) is 0 Å². The Bertz CT molecular complexity index is 540. The van der Waals surface area contributed by atoms with Crippen molar-refractivity contribution in [3.8, 4) is 0 Å². The van der Waals surface area contributed by atoms with Crippen LogP contribution >= 0.6 is 0 Å². The highest BCUT2D eigenvalue weighted by Gasteiger charge is 2.01. The first-order valence-electron chi connectivity index (χ1n) is 6.25. The average Bonchev–Trinajstić information content (AvgIpc) is 2.38. The van der Waals surface area contributed by atoms with Gasteiger partial charge < -0.3 is 10.6 Å². The predicted molar refractivity (Wildman–Crippen MR) is 74.7 cm³/mol. The molecule has 0 radical (unpaired) electrons. The Balaban J connectivity index is 2.04. The largest absolute Gasteiger partial charge is 0.366 e. The van der Waals surface area contributed by atoms with Gasteiger partial charge in [-0.1, -0.05) is 12.1 Å². The van der Waals surface area contributed by atoms with Gasteiger partial charge in [0, 0.05) is 24.8 Å². The van der Waals surface area contributed by atoms with E-state index in [4.69, 9.17) is 0 Å². The molecule has 1 aromatic heterocycles. The third-order valence-electron chi connectivity index (χ3n) is 2.58. The van der Waals surface area contributed by atoms with Crippen molar-refractivity contribution < 1.29 is 4.39 Å². The molecule has 0 atom stereocenters. The van der Waals surface area contributed by atoms with Gasteiger partial charge in [0.1, 0.15) is 11.6 Å². The van der Waals surface area contributed by atoms with E-state index in [0.29, 0.717) is 12.5 Å². The van der Waals surface area contributed by atoms with Gasteiger partial charge in [0.05, 0.1) is 0 Å². The van der Waals surface area contributed by atoms with Gasteiger partial charge in [-0.05, 0) is 31.5 Å². The van der Waals surface area contributed by atoms with Gasteiger partial charge in [-0.2, -0.15) is 4.98 Å². The Morgan fingerprint density at radius 3 is 2.53 bits per heavy atom. The van der Waals surface area contributed by atoms with E-state index in [-0.39, 0.29) is 5.82 Å². The second kappa shape index (κ2) is 6.13. The minimum atomic E-state index is -0.226. The maximum atomic E-state index is 12.8. The SMILES string of the molecule is CCNc1nc(C)cc(NCc2ccc(F)cc2)n1. The van der Waals surface area contributed by atoms with Gasteiger partial charge in [0.15, 0.2) is 0 Å². The van der Waals surface area contributed by atoms with E-state index in [9.17, 15) is 4.39 Å². The minimum Gasteiger partial charge on any atom is -0.366 e. The van der Waals surface area contributed by atoms with E-state index >= 15 is 0 Å². The summed E-state index contributed by atoms with van der Waals surface area (Å²) in [5.41, 5.74) is 1.90. The second-order valence-corrected chi connectivity index (χ2v) is 4.23. The zero-order valence-corrected chi connectivity index (χ0v) is 11.1. The zero-order chi connectivity index (χ0) is 13.7. The summed E-state index contributed by atoms with van der Waals surface area (Å²) >= 11 is 0. The van der Waals surface area contributed by atoms with Gasteiger partial charge >= 0.3 is 0 Å². The van der Waals surface area contributed by atoms with Crippen molar-refractivity contribution in [3.05, 3.63) is 47.4 Å². The van der Waals surface area contributed by atoms with E-state index in [0.717, 1.165) is 23.6 Å². The summed E-state index contributed by atoms with van der Waals surface area (Å²) in [6.45, 7) is 5.30. The summed E-state index contributed by atoms with van der Waals surface area (Å²) in [6.07, 6.45) is 0. The molecule has 0 amide bonds. The number of hydrogen-bond donors (Lipinski definition) is 2. The number of aryl methyl sites for hydroxylation is 1. The number of hydrogen-bond acceptors (Lipinski definition) is 4. The fourth-order valence-electron chi connectivity index (χ4n) is 1.69. The molecule has 2 N–H and O–H groups in total. The number of nitrogens with zero attached hydrogens (tertiary/aromatic N) is 2. The highest BCUT2D eigenvalue weighted by atomic mass is 19.1. The fraction of sp³-hybridized carbons (Fsp3) is 0.286. The average molecular weight is 260 g/mol. The van der Waals surface area contributed by atoms with Crippen LogP contribution in [0.4, 0.5) is 16.2 Å². The molecule has 1 heterocycles. The number of benzene rings is 1. The highest BCUT2D eigenvalue weighted by molar-refractivity contribution is 5.42. The van der Waals surface area contributed by atoms with Gasteiger partial charge in [0.2, 0.25) is 5.95 Å². The van der Waals surface area contributed by atoms with Crippen LogP contribution in [0.5, 0.6) is 0 Å². The van der Waals surface area contributed by atoms with Crippen LogP contribution < -0.4 is 10.6 Å². The highest BCUT2D eigenvalue weighted by Crippen LogP contribution is 2.11. The van der Waals surface area contributed by atoms with Gasteiger partial charge in [-0.15, -0.1) is 0 Å². The monoisotopic (exact) mass is 260 g/mol. The van der Waals surface area contributed by atoms with Crippen molar-refractivity contribution in [3.63, 3.8) is 0 Å². The van der Waals surface area contributed by atoms with Crippen LogP contribution in [0, 0.1) is 12.7 Å². The molecule has 0 saturated heterocycles. The first-order valence-corrected chi connectivity index (χ1v) is 6.25. The predicted octanol–water partition coefficient (Wildman–Crippen LogP) is 2.97. The van der Waals surface area contributed by atoms with E-state index in [1.54, 1.807) is 12.1 Å². The molecule has 0 bridgehead atoms. The lowest BCUT2D eigenvalue weighted by Crippen LogP contribution is -2.07. The zero-order valence-electron chi connectivity index (χ0n) is 11.1. The number of aromatic nitrogens is 2. The van der Waals surface area contributed by atoms with Crippen LogP contribution in [-0.2, 0) is 6.54 Å². The Hall–Kier alpha value is -2.17. The molecule has 5 heteroatoms. The molecule has 0 aliphatic rings. The normalized spacial score (nSPS) is 10.3. The van der Waals surface area contributed by atoms with Crippen LogP contribution in [0.25, 0.3) is 0 Å². The Morgan fingerprint density at radius 1 is 1.11 bits per heavy atom. The Labute approximate surface area is 112 Å². The molecule has 4 nitrogen and oxygen atoms in total. The standard InChI is InChI=1S/C14H17FN4/c1-3-16-14-18-10(2)8-13(19-14)17-9-11-4-6-12(15)7-5-11/h4-8H,3,9H2,1-2H3,(H2,16,17,18,19). The summed E-state index contributed by atoms with van der Waals surface area (Å²) in [7, 11) is 0. The lowest BCUT2D eigenvalue weighted by molar-refractivity contribution is 0.627. The van der Waals surface area contributed by atoms with Crippen molar-refractivity contribution in [2.75, 3.05) is 17.2 Å². The molecular formula is C14H17FN4. The maximum absolute atomic E-state index is 12.8. The molecule has 0 saturated carbocycles. The fourth-order valence-corrected chi connectivity index (χ4v) is 1.69. The molecule has 0 unspecified atom stereocenters. The number of anilines is 2. The summed E-state index contributed by atoms with van der Waals surface area (Å²) < 4.78 is 12.8. The van der Waals surface area contributed by atoms with Crippen LogP contribution in [0.1, 0.15) is 18.2 Å². The van der Waals surface area contributed by atoms with E-state index < -0.39 is 0 Å². The van der Waals surface area contributed by atoms with Gasteiger partial charge in [-0.3, -0.25) is 0 Å². The molecule has 19 heavy (non-hydrogen) atoms. The van der Waals surface area contributed by atoms with Gasteiger partial charge in [0.25, 0.3) is 0 Å². The summed E-state index contributed by atoms with van der Waals surface area (Å²) in [6, 6.07) is 8.28. The Morgan fingerprint density at radius 2 is 1.84 bits per heavy atom. The van der Waals surface area contributed by atoms with Crippen molar-refractivity contribution in [1.82, 2.24) is 9.97 Å². The topological polar surface area (TPSA) is 49.8 Å². The number of nitrogens with one attached hydrogen (secondary N) is 2. The number of halogens is 1. The van der Waals surface area contributed by atoms with Crippen molar-refractivity contribution >= 4 is 11.8 Å². The molecule has 0 spiro atoms. The van der Waals surface area contributed by atoms with E-state index in [1.165, 1.54) is 12.1 Å². The summed E-state index contributed by atoms with van der Waals surface area (Å²) in [4.78, 5) is 8.63. The molecule has 1 aromatic carbocycles. The third-order valence-corrected chi connectivity index (χ3v) is 2.58. The number of rotatable bonds is 5. The first kappa shape index (κ1) is 13.3. The lowest BCUT2D eigenvalue weighted by atomic mass is 10.2.